The summed E-state index contributed by atoms with van der Waals surface area (Å²) < 4.78 is 12.9. The Hall–Kier alpha value is -1.85. The van der Waals surface area contributed by atoms with E-state index in [1.54, 1.807) is 11.8 Å². The lowest BCUT2D eigenvalue weighted by Gasteiger charge is -2.34. The highest BCUT2D eigenvalue weighted by atomic mass is 32.2. The number of carbonyl (C=O) groups excluding carboxylic acids is 1. The van der Waals surface area contributed by atoms with Crippen molar-refractivity contribution in [1.29, 1.82) is 0 Å². The van der Waals surface area contributed by atoms with Gasteiger partial charge < -0.3 is 4.90 Å². The van der Waals surface area contributed by atoms with Gasteiger partial charge in [0.2, 0.25) is 0 Å². The molecule has 0 N–H and O–H groups in total. The van der Waals surface area contributed by atoms with Crippen LogP contribution in [0.2, 0.25) is 0 Å². The molecule has 138 valence electrons. The average molecular weight is 373 g/mol. The highest BCUT2D eigenvalue weighted by molar-refractivity contribution is 7.99. The summed E-state index contributed by atoms with van der Waals surface area (Å²) in [5.41, 5.74) is 2.03. The molecule has 0 radical (unpaired) electrons. The molecular formula is C21H25FN2OS. The molecule has 1 aliphatic rings. The zero-order valence-corrected chi connectivity index (χ0v) is 16.0. The molecule has 1 aliphatic heterocycles. The van der Waals surface area contributed by atoms with Crippen molar-refractivity contribution in [3.8, 4) is 0 Å². The minimum absolute atomic E-state index is 0.132. The number of rotatable bonds is 6. The van der Waals surface area contributed by atoms with E-state index in [1.807, 2.05) is 41.3 Å². The van der Waals surface area contributed by atoms with E-state index < -0.39 is 0 Å². The van der Waals surface area contributed by atoms with Gasteiger partial charge in [0.1, 0.15) is 5.82 Å². The van der Waals surface area contributed by atoms with Crippen molar-refractivity contribution in [3.05, 3.63) is 65.5 Å². The third-order valence-electron chi connectivity index (χ3n) is 4.76. The molecule has 1 heterocycles. The Morgan fingerprint density at radius 2 is 1.65 bits per heavy atom. The number of amides is 1. The lowest BCUT2D eigenvalue weighted by atomic mass is 10.1. The van der Waals surface area contributed by atoms with Crippen LogP contribution in [0.15, 0.2) is 53.4 Å². The van der Waals surface area contributed by atoms with E-state index in [2.05, 4.69) is 11.8 Å². The van der Waals surface area contributed by atoms with E-state index in [-0.39, 0.29) is 11.7 Å². The summed E-state index contributed by atoms with van der Waals surface area (Å²) in [6, 6.07) is 14.6. The Morgan fingerprint density at radius 3 is 2.27 bits per heavy atom. The SMILES string of the molecule is CCc1ccc(C(=O)N2CCN(CCSc3ccc(F)cc3)CC2)cc1. The van der Waals surface area contributed by atoms with Crippen molar-refractivity contribution in [1.82, 2.24) is 9.80 Å². The van der Waals surface area contributed by atoms with Gasteiger partial charge in [-0.2, -0.15) is 0 Å². The maximum Gasteiger partial charge on any atom is 0.253 e. The summed E-state index contributed by atoms with van der Waals surface area (Å²) in [4.78, 5) is 18.0. The van der Waals surface area contributed by atoms with Crippen LogP contribution in [0.1, 0.15) is 22.8 Å². The van der Waals surface area contributed by atoms with Gasteiger partial charge in [-0.3, -0.25) is 9.69 Å². The van der Waals surface area contributed by atoms with E-state index >= 15 is 0 Å². The van der Waals surface area contributed by atoms with E-state index in [1.165, 1.54) is 17.7 Å². The molecule has 0 aromatic heterocycles. The molecule has 0 spiro atoms. The molecule has 3 nitrogen and oxygen atoms in total. The largest absolute Gasteiger partial charge is 0.336 e. The maximum atomic E-state index is 12.9. The number of piperazine rings is 1. The summed E-state index contributed by atoms with van der Waals surface area (Å²) >= 11 is 1.74. The van der Waals surface area contributed by atoms with E-state index in [0.717, 1.165) is 55.4 Å². The molecule has 2 aromatic carbocycles. The zero-order valence-electron chi connectivity index (χ0n) is 15.2. The molecular weight excluding hydrogens is 347 g/mol. The second-order valence-corrected chi connectivity index (χ2v) is 7.66. The second-order valence-electron chi connectivity index (χ2n) is 6.49. The van der Waals surface area contributed by atoms with E-state index in [9.17, 15) is 9.18 Å². The van der Waals surface area contributed by atoms with Crippen LogP contribution in [-0.4, -0.2) is 54.2 Å². The van der Waals surface area contributed by atoms with Crippen LogP contribution in [0.25, 0.3) is 0 Å². The monoisotopic (exact) mass is 372 g/mol. The van der Waals surface area contributed by atoms with Crippen LogP contribution in [-0.2, 0) is 6.42 Å². The lowest BCUT2D eigenvalue weighted by molar-refractivity contribution is 0.0644. The van der Waals surface area contributed by atoms with Crippen LogP contribution in [0.5, 0.6) is 0 Å². The highest BCUT2D eigenvalue weighted by Crippen LogP contribution is 2.18. The van der Waals surface area contributed by atoms with Crippen molar-refractivity contribution in [2.75, 3.05) is 38.5 Å². The van der Waals surface area contributed by atoms with Crippen LogP contribution >= 0.6 is 11.8 Å². The summed E-state index contributed by atoms with van der Waals surface area (Å²) in [6.45, 7) is 6.45. The molecule has 26 heavy (non-hydrogen) atoms. The van der Waals surface area contributed by atoms with Gasteiger partial charge in [-0.15, -0.1) is 11.8 Å². The summed E-state index contributed by atoms with van der Waals surface area (Å²) in [6.07, 6.45) is 0.989. The van der Waals surface area contributed by atoms with Crippen molar-refractivity contribution in [2.45, 2.75) is 18.2 Å². The van der Waals surface area contributed by atoms with Gasteiger partial charge in [0.05, 0.1) is 0 Å². The molecule has 0 aliphatic carbocycles. The minimum atomic E-state index is -0.195. The van der Waals surface area contributed by atoms with Gasteiger partial charge in [-0.1, -0.05) is 19.1 Å². The number of hydrogen-bond acceptors (Lipinski definition) is 3. The molecule has 3 rings (SSSR count). The first-order chi connectivity index (χ1) is 12.7. The number of benzene rings is 2. The third-order valence-corrected chi connectivity index (χ3v) is 5.75. The second kappa shape index (κ2) is 9.19. The van der Waals surface area contributed by atoms with Gasteiger partial charge in [0.15, 0.2) is 0 Å². The molecule has 0 atom stereocenters. The van der Waals surface area contributed by atoms with Gasteiger partial charge in [0, 0.05) is 48.9 Å². The third kappa shape index (κ3) is 5.08. The van der Waals surface area contributed by atoms with Crippen molar-refractivity contribution in [2.24, 2.45) is 0 Å². The van der Waals surface area contributed by atoms with Crippen LogP contribution in [0, 0.1) is 5.82 Å². The molecule has 0 bridgehead atoms. The molecule has 5 heteroatoms. The van der Waals surface area contributed by atoms with Crippen LogP contribution < -0.4 is 0 Å². The van der Waals surface area contributed by atoms with E-state index in [0.29, 0.717) is 0 Å². The fourth-order valence-electron chi connectivity index (χ4n) is 3.06. The quantitative estimate of drug-likeness (QED) is 0.718. The Bertz CT molecular complexity index is 710. The smallest absolute Gasteiger partial charge is 0.253 e. The topological polar surface area (TPSA) is 23.6 Å². The molecule has 1 saturated heterocycles. The number of thioether (sulfide) groups is 1. The first-order valence-corrected chi connectivity index (χ1v) is 10.1. The standard InChI is InChI=1S/C21H25FN2OS/c1-2-17-3-5-18(6-4-17)21(25)24-13-11-23(12-14-24)15-16-26-20-9-7-19(22)8-10-20/h3-10H,2,11-16H2,1H3. The molecule has 1 amide bonds. The first-order valence-electron chi connectivity index (χ1n) is 9.14. The summed E-state index contributed by atoms with van der Waals surface area (Å²) in [5.74, 6) is 0.908. The average Bonchev–Trinajstić information content (AvgIpc) is 2.69. The van der Waals surface area contributed by atoms with Gasteiger partial charge in [0.25, 0.3) is 5.91 Å². The first kappa shape index (κ1) is 18.9. The van der Waals surface area contributed by atoms with Gasteiger partial charge in [-0.05, 0) is 48.4 Å². The molecule has 0 saturated carbocycles. The Kier molecular flexibility index (Phi) is 6.69. The van der Waals surface area contributed by atoms with E-state index in [4.69, 9.17) is 0 Å². The minimum Gasteiger partial charge on any atom is -0.336 e. The fraction of sp³-hybridized carbons (Fsp3) is 0.381. The predicted molar refractivity (Wildman–Crippen MR) is 105 cm³/mol. The normalized spacial score (nSPS) is 15.2. The molecule has 0 unspecified atom stereocenters. The molecule has 2 aromatic rings. The summed E-state index contributed by atoms with van der Waals surface area (Å²) in [7, 11) is 0. The van der Waals surface area contributed by atoms with Gasteiger partial charge >= 0.3 is 0 Å². The number of nitrogens with zero attached hydrogens (tertiary/aromatic N) is 2. The number of halogens is 1. The van der Waals surface area contributed by atoms with Crippen molar-refractivity contribution >= 4 is 17.7 Å². The highest BCUT2D eigenvalue weighted by Gasteiger charge is 2.21. The maximum absolute atomic E-state index is 12.9. The zero-order chi connectivity index (χ0) is 18.4. The van der Waals surface area contributed by atoms with Crippen LogP contribution in [0.3, 0.4) is 0 Å². The van der Waals surface area contributed by atoms with Crippen molar-refractivity contribution < 1.29 is 9.18 Å². The number of aryl methyl sites for hydroxylation is 1. The Balaban J connectivity index is 1.41. The predicted octanol–water partition coefficient (Wildman–Crippen LogP) is 3.94. The number of carbonyl (C=O) groups is 1. The number of hydrogen-bond donors (Lipinski definition) is 0. The van der Waals surface area contributed by atoms with Gasteiger partial charge in [-0.25, -0.2) is 4.39 Å². The Labute approximate surface area is 159 Å². The van der Waals surface area contributed by atoms with Crippen LogP contribution in [0.4, 0.5) is 4.39 Å². The fourth-order valence-corrected chi connectivity index (χ4v) is 3.98. The summed E-state index contributed by atoms with van der Waals surface area (Å²) in [5, 5.41) is 0. The lowest BCUT2D eigenvalue weighted by Crippen LogP contribution is -2.49. The Morgan fingerprint density at radius 1 is 1.00 bits per heavy atom. The van der Waals surface area contributed by atoms with Crippen molar-refractivity contribution in [3.63, 3.8) is 0 Å². The molecule has 1 fully saturated rings.